The van der Waals surface area contributed by atoms with Gasteiger partial charge in [0.1, 0.15) is 18.0 Å². The minimum atomic E-state index is -3.89. The van der Waals surface area contributed by atoms with E-state index in [0.717, 1.165) is 0 Å². The molecule has 4 aromatic rings. The topological polar surface area (TPSA) is 159 Å². The van der Waals surface area contributed by atoms with E-state index in [1.54, 1.807) is 62.4 Å². The number of phenolic OH excluding ortho intramolecular Hbond substituents is 1. The molecule has 2 aromatic carbocycles. The quantitative estimate of drug-likeness (QED) is 0.286. The van der Waals surface area contributed by atoms with Crippen LogP contribution in [0.3, 0.4) is 0 Å². The Labute approximate surface area is 206 Å². The molecule has 0 saturated carbocycles. The minimum Gasteiger partial charge on any atom is -0.507 e. The maximum atomic E-state index is 13.6. The zero-order valence-electron chi connectivity index (χ0n) is 19.6. The van der Waals surface area contributed by atoms with E-state index in [9.17, 15) is 14.5 Å². The molecule has 0 saturated heterocycles. The van der Waals surface area contributed by atoms with Gasteiger partial charge in [-0.25, -0.2) is 4.68 Å². The van der Waals surface area contributed by atoms with Gasteiger partial charge in [0, 0.05) is 5.56 Å². The Hall–Kier alpha value is -3.93. The number of benzene rings is 2. The van der Waals surface area contributed by atoms with Crippen molar-refractivity contribution in [1.82, 2.24) is 40.5 Å². The monoisotopic (exact) mass is 512 g/mol. The van der Waals surface area contributed by atoms with Crippen molar-refractivity contribution in [1.29, 1.82) is 0 Å². The van der Waals surface area contributed by atoms with Crippen LogP contribution < -0.4 is 5.32 Å². The number of carbonyl (C=O) groups excluding carboxylic acids is 1. The van der Waals surface area contributed by atoms with Gasteiger partial charge in [0.2, 0.25) is 11.7 Å². The van der Waals surface area contributed by atoms with Gasteiger partial charge < -0.3 is 19.5 Å². The number of nitrogens with one attached hydrogen (secondary N) is 1. The smallest absolute Gasteiger partial charge is 0.375 e. The molecule has 36 heavy (non-hydrogen) atoms. The van der Waals surface area contributed by atoms with Gasteiger partial charge in [-0.2, -0.15) is 4.80 Å². The number of para-hydroxylation sites is 1. The summed E-state index contributed by atoms with van der Waals surface area (Å²) in [5.74, 6) is -1.48. The first-order valence-electron chi connectivity index (χ1n) is 11.1. The Morgan fingerprint density at radius 1 is 1.03 bits per heavy atom. The molecule has 2 aromatic heterocycles. The summed E-state index contributed by atoms with van der Waals surface area (Å²) in [5.41, 5.74) is 1.20. The summed E-state index contributed by atoms with van der Waals surface area (Å²) in [7, 11) is -3.89. The summed E-state index contributed by atoms with van der Waals surface area (Å²) in [6.45, 7) is 3.61. The van der Waals surface area contributed by atoms with Crippen molar-refractivity contribution < 1.29 is 23.5 Å². The molecule has 0 aliphatic carbocycles. The van der Waals surface area contributed by atoms with Gasteiger partial charge in [-0.3, -0.25) is 9.36 Å². The number of tetrazole rings is 1. The second kappa shape index (κ2) is 11.2. The van der Waals surface area contributed by atoms with Gasteiger partial charge in [-0.05, 0) is 43.3 Å². The van der Waals surface area contributed by atoms with Crippen LogP contribution in [-0.4, -0.2) is 59.4 Å². The fourth-order valence-corrected chi connectivity index (χ4v) is 5.10. The van der Waals surface area contributed by atoms with Gasteiger partial charge in [0.25, 0.3) is 5.91 Å². The molecule has 188 valence electrons. The van der Waals surface area contributed by atoms with E-state index in [0.29, 0.717) is 16.8 Å². The van der Waals surface area contributed by atoms with Crippen molar-refractivity contribution in [3.63, 3.8) is 0 Å². The third-order valence-corrected chi connectivity index (χ3v) is 7.12. The molecule has 1 amide bonds. The number of hydrogen-bond donors (Lipinski definition) is 2. The first-order valence-corrected chi connectivity index (χ1v) is 12.8. The first kappa shape index (κ1) is 25.2. The third-order valence-electron chi connectivity index (χ3n) is 4.92. The average molecular weight is 512 g/mol. The van der Waals surface area contributed by atoms with Crippen LogP contribution in [0.15, 0.2) is 60.8 Å². The molecule has 2 N–H and O–H groups in total. The number of phenols is 1. The van der Waals surface area contributed by atoms with E-state index in [4.69, 9.17) is 9.05 Å². The first-order chi connectivity index (χ1) is 17.4. The molecule has 0 bridgehead atoms. The lowest BCUT2D eigenvalue weighted by Gasteiger charge is -2.26. The molecule has 1 unspecified atom stereocenters. The van der Waals surface area contributed by atoms with Gasteiger partial charge in [-0.15, -0.1) is 15.3 Å². The predicted molar refractivity (Wildman–Crippen MR) is 128 cm³/mol. The average Bonchev–Trinajstić information content (AvgIpc) is 3.53. The lowest BCUT2D eigenvalue weighted by atomic mass is 10.2. The van der Waals surface area contributed by atoms with Crippen LogP contribution in [0.5, 0.6) is 5.75 Å². The second-order valence-corrected chi connectivity index (χ2v) is 9.52. The molecule has 0 radical (unpaired) electrons. The van der Waals surface area contributed by atoms with Crippen molar-refractivity contribution in [3.8, 4) is 17.1 Å². The van der Waals surface area contributed by atoms with E-state index < -0.39 is 19.4 Å². The van der Waals surface area contributed by atoms with E-state index >= 15 is 0 Å². The van der Waals surface area contributed by atoms with E-state index in [-0.39, 0.29) is 31.3 Å². The molecule has 13 nitrogen and oxygen atoms in total. The summed E-state index contributed by atoms with van der Waals surface area (Å²) in [4.78, 5) is 14.2. The van der Waals surface area contributed by atoms with Crippen molar-refractivity contribution in [2.75, 3.05) is 13.2 Å². The van der Waals surface area contributed by atoms with Crippen LogP contribution in [0.1, 0.15) is 35.8 Å². The number of aromatic hydroxyl groups is 1. The Bertz CT molecular complexity index is 1350. The van der Waals surface area contributed by atoms with Crippen LogP contribution in [-0.2, 0) is 20.2 Å². The fourth-order valence-electron chi connectivity index (χ4n) is 3.35. The maximum Gasteiger partial charge on any atom is 0.375 e. The van der Waals surface area contributed by atoms with Gasteiger partial charge in [0.05, 0.1) is 25.0 Å². The molecule has 4 rings (SSSR count). The fraction of sp³-hybridized carbons (Fsp3) is 0.273. The number of rotatable bonds is 11. The highest BCUT2D eigenvalue weighted by atomic mass is 31.2. The second-order valence-electron chi connectivity index (χ2n) is 7.44. The Balaban J connectivity index is 1.59. The van der Waals surface area contributed by atoms with E-state index in [2.05, 4.69) is 31.0 Å². The molecule has 0 spiro atoms. The third kappa shape index (κ3) is 5.65. The molecule has 0 aliphatic heterocycles. The van der Waals surface area contributed by atoms with Crippen LogP contribution in [0, 0.1) is 0 Å². The standard InChI is InChI=1S/C22H25N8O5P/c1-3-34-36(33,35-4-2)22(23-21(32)16-10-6-5-7-11-16)29-14-17(24-27-29)15-30-26-20(25-28-30)18-12-8-9-13-19(18)31/h5-14,22,31H,3-4,15H2,1-2H3,(H,23,32). The molecular formula is C22H25N8O5P. The SMILES string of the molecule is CCOP(=O)(OCC)C(NC(=O)c1ccccc1)n1cc(Cn2nnc(-c3ccccc3O)n2)nn1. The summed E-state index contributed by atoms with van der Waals surface area (Å²) in [5, 5.41) is 33.1. The summed E-state index contributed by atoms with van der Waals surface area (Å²) < 4.78 is 25.8. The number of carbonyl (C=O) groups is 1. The number of amides is 1. The van der Waals surface area contributed by atoms with Crippen LogP contribution in [0.2, 0.25) is 0 Å². The minimum absolute atomic E-state index is 0.0302. The largest absolute Gasteiger partial charge is 0.507 e. The van der Waals surface area contributed by atoms with Crippen molar-refractivity contribution in [2.24, 2.45) is 0 Å². The Kier molecular flexibility index (Phi) is 7.84. The summed E-state index contributed by atoms with van der Waals surface area (Å²) in [6, 6.07) is 15.1. The lowest BCUT2D eigenvalue weighted by Crippen LogP contribution is -2.34. The molecule has 0 aliphatic rings. The summed E-state index contributed by atoms with van der Waals surface area (Å²) in [6.07, 6.45) is 1.49. The number of hydrogen-bond acceptors (Lipinski definition) is 10. The lowest BCUT2D eigenvalue weighted by molar-refractivity contribution is 0.0917. The van der Waals surface area contributed by atoms with Crippen molar-refractivity contribution >= 4 is 13.5 Å². The maximum absolute atomic E-state index is 13.6. The molecule has 2 heterocycles. The van der Waals surface area contributed by atoms with Crippen molar-refractivity contribution in [2.45, 2.75) is 26.3 Å². The highest BCUT2D eigenvalue weighted by molar-refractivity contribution is 7.53. The number of nitrogens with zero attached hydrogens (tertiary/aromatic N) is 7. The molecule has 1 atom stereocenters. The summed E-state index contributed by atoms with van der Waals surface area (Å²) >= 11 is 0. The molecule has 0 fully saturated rings. The molecule has 14 heteroatoms. The zero-order valence-corrected chi connectivity index (χ0v) is 20.5. The molecular weight excluding hydrogens is 487 g/mol. The van der Waals surface area contributed by atoms with Crippen molar-refractivity contribution in [3.05, 3.63) is 72.1 Å². The highest BCUT2D eigenvalue weighted by Crippen LogP contribution is 2.57. The van der Waals surface area contributed by atoms with Crippen LogP contribution in [0.25, 0.3) is 11.4 Å². The van der Waals surface area contributed by atoms with Gasteiger partial charge in [0.15, 0.2) is 0 Å². The highest BCUT2D eigenvalue weighted by Gasteiger charge is 2.39. The van der Waals surface area contributed by atoms with Gasteiger partial charge >= 0.3 is 7.60 Å². The Morgan fingerprint density at radius 3 is 2.42 bits per heavy atom. The predicted octanol–water partition coefficient (Wildman–Crippen LogP) is 2.84. The van der Waals surface area contributed by atoms with Gasteiger partial charge in [-0.1, -0.05) is 35.5 Å². The zero-order chi connectivity index (χ0) is 25.5. The van der Waals surface area contributed by atoms with E-state index in [1.807, 2.05) is 0 Å². The number of aromatic nitrogens is 7. The van der Waals surface area contributed by atoms with Crippen LogP contribution >= 0.6 is 7.60 Å². The Morgan fingerprint density at radius 2 is 1.72 bits per heavy atom. The van der Waals surface area contributed by atoms with E-state index in [1.165, 1.54) is 21.7 Å². The normalized spacial score (nSPS) is 12.4. The van der Waals surface area contributed by atoms with Crippen LogP contribution in [0.4, 0.5) is 0 Å².